The van der Waals surface area contributed by atoms with Crippen LogP contribution in [-0.2, 0) is 14.3 Å². The lowest BCUT2D eigenvalue weighted by Crippen LogP contribution is -2.40. The normalized spacial score (nSPS) is 23.8. The van der Waals surface area contributed by atoms with Crippen LogP contribution in [0.15, 0.2) is 0 Å². The molecule has 0 bridgehead atoms. The van der Waals surface area contributed by atoms with Crippen LogP contribution in [0, 0.1) is 5.92 Å². The highest BCUT2D eigenvalue weighted by Gasteiger charge is 2.27. The summed E-state index contributed by atoms with van der Waals surface area (Å²) >= 11 is 0. The van der Waals surface area contributed by atoms with Gasteiger partial charge >= 0.3 is 0 Å². The zero-order valence-corrected chi connectivity index (χ0v) is 9.41. The van der Waals surface area contributed by atoms with E-state index in [4.69, 9.17) is 4.74 Å². The van der Waals surface area contributed by atoms with Gasteiger partial charge in [0.05, 0.1) is 0 Å². The van der Waals surface area contributed by atoms with E-state index in [0.29, 0.717) is 39.3 Å². The fourth-order valence-corrected chi connectivity index (χ4v) is 2.19. The second kappa shape index (κ2) is 5.30. The lowest BCUT2D eigenvalue weighted by molar-refractivity contribution is -0.138. The van der Waals surface area contributed by atoms with Gasteiger partial charge in [-0.15, -0.1) is 0 Å². The maximum atomic E-state index is 12.1. The average molecular weight is 226 g/mol. The van der Waals surface area contributed by atoms with Crippen LogP contribution in [-0.4, -0.2) is 49.6 Å². The summed E-state index contributed by atoms with van der Waals surface area (Å²) in [7, 11) is 0. The van der Waals surface area contributed by atoms with Gasteiger partial charge in [0.2, 0.25) is 11.8 Å². The molecule has 0 aromatic heterocycles. The number of hydrogen-bond donors (Lipinski definition) is 1. The number of rotatable bonds is 1. The van der Waals surface area contributed by atoms with Crippen LogP contribution >= 0.6 is 0 Å². The van der Waals surface area contributed by atoms with Crippen molar-refractivity contribution in [2.75, 3.05) is 32.8 Å². The minimum atomic E-state index is 0.0438. The molecule has 0 unspecified atom stereocenters. The van der Waals surface area contributed by atoms with Crippen LogP contribution in [0.5, 0.6) is 0 Å². The second-order valence-electron chi connectivity index (χ2n) is 4.31. The molecule has 0 radical (unpaired) electrons. The Morgan fingerprint density at radius 3 is 2.81 bits per heavy atom. The van der Waals surface area contributed by atoms with Gasteiger partial charge in [0, 0.05) is 45.2 Å². The van der Waals surface area contributed by atoms with E-state index in [0.717, 1.165) is 12.8 Å². The molecule has 1 N–H and O–H groups in total. The van der Waals surface area contributed by atoms with Crippen molar-refractivity contribution in [2.24, 2.45) is 5.92 Å². The van der Waals surface area contributed by atoms with E-state index in [9.17, 15) is 9.59 Å². The standard InChI is InChI=1S/C11H18N2O3/c14-10-1-5-13(6-4-12-10)11(15)9-2-7-16-8-3-9/h9H,1-8H2,(H,12,14). The molecule has 2 heterocycles. The van der Waals surface area contributed by atoms with Gasteiger partial charge in [-0.3, -0.25) is 9.59 Å². The number of ether oxygens (including phenoxy) is 1. The third-order valence-electron chi connectivity index (χ3n) is 3.19. The Kier molecular flexibility index (Phi) is 3.77. The molecule has 0 saturated carbocycles. The van der Waals surface area contributed by atoms with Crippen molar-refractivity contribution in [3.05, 3.63) is 0 Å². The molecule has 2 amide bonds. The fourth-order valence-electron chi connectivity index (χ4n) is 2.19. The van der Waals surface area contributed by atoms with E-state index >= 15 is 0 Å². The summed E-state index contributed by atoms with van der Waals surface area (Å²) in [5, 5.41) is 2.77. The minimum absolute atomic E-state index is 0.0438. The molecule has 2 fully saturated rings. The van der Waals surface area contributed by atoms with Crippen molar-refractivity contribution in [2.45, 2.75) is 19.3 Å². The number of amides is 2. The van der Waals surface area contributed by atoms with Gasteiger partial charge in [0.1, 0.15) is 0 Å². The van der Waals surface area contributed by atoms with E-state index in [2.05, 4.69) is 5.32 Å². The lowest BCUT2D eigenvalue weighted by atomic mass is 9.98. The second-order valence-corrected chi connectivity index (χ2v) is 4.31. The molecular weight excluding hydrogens is 208 g/mol. The first-order chi connectivity index (χ1) is 7.77. The predicted octanol–water partition coefficient (Wildman–Crippen LogP) is -0.238. The summed E-state index contributed by atoms with van der Waals surface area (Å²) in [6, 6.07) is 0. The molecule has 16 heavy (non-hydrogen) atoms. The molecule has 0 aromatic rings. The van der Waals surface area contributed by atoms with Gasteiger partial charge < -0.3 is 15.0 Å². The van der Waals surface area contributed by atoms with Crippen LogP contribution in [0.3, 0.4) is 0 Å². The Bertz CT molecular complexity index is 274. The van der Waals surface area contributed by atoms with Crippen LogP contribution < -0.4 is 5.32 Å². The molecular formula is C11H18N2O3. The van der Waals surface area contributed by atoms with Crippen LogP contribution in [0.25, 0.3) is 0 Å². The predicted molar refractivity (Wildman–Crippen MR) is 57.7 cm³/mol. The third-order valence-corrected chi connectivity index (χ3v) is 3.19. The molecule has 0 spiro atoms. The maximum absolute atomic E-state index is 12.1. The minimum Gasteiger partial charge on any atom is -0.381 e. The smallest absolute Gasteiger partial charge is 0.225 e. The van der Waals surface area contributed by atoms with Gasteiger partial charge in [-0.05, 0) is 12.8 Å². The van der Waals surface area contributed by atoms with Gasteiger partial charge in [0.15, 0.2) is 0 Å². The van der Waals surface area contributed by atoms with Crippen LogP contribution in [0.2, 0.25) is 0 Å². The van der Waals surface area contributed by atoms with Crippen LogP contribution in [0.4, 0.5) is 0 Å². The van der Waals surface area contributed by atoms with Gasteiger partial charge in [0.25, 0.3) is 0 Å². The van der Waals surface area contributed by atoms with Gasteiger partial charge in [-0.25, -0.2) is 0 Å². The first kappa shape index (κ1) is 11.4. The first-order valence-electron chi connectivity index (χ1n) is 5.90. The van der Waals surface area contributed by atoms with Gasteiger partial charge in [-0.1, -0.05) is 0 Å². The number of carbonyl (C=O) groups excluding carboxylic acids is 2. The van der Waals surface area contributed by atoms with Crippen molar-refractivity contribution in [3.8, 4) is 0 Å². The molecule has 5 heteroatoms. The molecule has 5 nitrogen and oxygen atoms in total. The molecule has 2 aliphatic rings. The van der Waals surface area contributed by atoms with Crippen molar-refractivity contribution < 1.29 is 14.3 Å². The monoisotopic (exact) mass is 226 g/mol. The molecule has 0 atom stereocenters. The van der Waals surface area contributed by atoms with Crippen molar-refractivity contribution in [1.29, 1.82) is 0 Å². The summed E-state index contributed by atoms with van der Waals surface area (Å²) in [5.41, 5.74) is 0. The van der Waals surface area contributed by atoms with Crippen molar-refractivity contribution >= 4 is 11.8 Å². The van der Waals surface area contributed by atoms with Crippen LogP contribution in [0.1, 0.15) is 19.3 Å². The molecule has 2 aliphatic heterocycles. The van der Waals surface area contributed by atoms with Crippen molar-refractivity contribution in [1.82, 2.24) is 10.2 Å². The Hall–Kier alpha value is -1.10. The zero-order valence-electron chi connectivity index (χ0n) is 9.41. The molecule has 0 aromatic carbocycles. The summed E-state index contributed by atoms with van der Waals surface area (Å²) in [6.07, 6.45) is 2.06. The van der Waals surface area contributed by atoms with E-state index in [-0.39, 0.29) is 17.7 Å². The average Bonchev–Trinajstić information content (AvgIpc) is 2.54. The number of carbonyl (C=O) groups is 2. The third kappa shape index (κ3) is 2.72. The quantitative estimate of drug-likeness (QED) is 0.671. The molecule has 2 rings (SSSR count). The van der Waals surface area contributed by atoms with E-state index in [1.54, 1.807) is 0 Å². The van der Waals surface area contributed by atoms with E-state index in [1.807, 2.05) is 4.90 Å². The summed E-state index contributed by atoms with van der Waals surface area (Å²) in [6.45, 7) is 3.14. The topological polar surface area (TPSA) is 58.6 Å². The largest absolute Gasteiger partial charge is 0.381 e. The molecule has 90 valence electrons. The Morgan fingerprint density at radius 1 is 1.31 bits per heavy atom. The highest BCUT2D eigenvalue weighted by Crippen LogP contribution is 2.18. The van der Waals surface area contributed by atoms with E-state index in [1.165, 1.54) is 0 Å². The lowest BCUT2D eigenvalue weighted by Gasteiger charge is -2.27. The van der Waals surface area contributed by atoms with E-state index < -0.39 is 0 Å². The fraction of sp³-hybridized carbons (Fsp3) is 0.818. The molecule has 0 aliphatic carbocycles. The maximum Gasteiger partial charge on any atom is 0.225 e. The number of nitrogens with zero attached hydrogens (tertiary/aromatic N) is 1. The Balaban J connectivity index is 1.89. The zero-order chi connectivity index (χ0) is 11.4. The summed E-state index contributed by atoms with van der Waals surface area (Å²) in [4.78, 5) is 25.1. The van der Waals surface area contributed by atoms with Gasteiger partial charge in [-0.2, -0.15) is 0 Å². The highest BCUT2D eigenvalue weighted by atomic mass is 16.5. The number of hydrogen-bond acceptors (Lipinski definition) is 3. The van der Waals surface area contributed by atoms with Crippen molar-refractivity contribution in [3.63, 3.8) is 0 Å². The first-order valence-corrected chi connectivity index (χ1v) is 5.90. The Labute approximate surface area is 95.1 Å². The number of nitrogens with one attached hydrogen (secondary N) is 1. The summed E-state index contributed by atoms with van der Waals surface area (Å²) < 4.78 is 5.24. The molecule has 2 saturated heterocycles. The SMILES string of the molecule is O=C1CCN(C(=O)C2CCOCC2)CCN1. The summed E-state index contributed by atoms with van der Waals surface area (Å²) in [5.74, 6) is 0.337. The highest BCUT2D eigenvalue weighted by molar-refractivity contribution is 5.81. The Morgan fingerprint density at radius 2 is 2.06 bits per heavy atom.